The second-order valence-corrected chi connectivity index (χ2v) is 7.78. The second kappa shape index (κ2) is 9.69. The van der Waals surface area contributed by atoms with Crippen LogP contribution in [0.15, 0.2) is 66.5 Å². The maximum atomic E-state index is 5.54. The van der Waals surface area contributed by atoms with Crippen LogP contribution in [0, 0.1) is 0 Å². The number of aromatic nitrogens is 3. The van der Waals surface area contributed by atoms with Gasteiger partial charge in [-0.2, -0.15) is 0 Å². The first-order valence-electron chi connectivity index (χ1n) is 9.66. The van der Waals surface area contributed by atoms with Gasteiger partial charge in [-0.25, -0.2) is 9.97 Å². The van der Waals surface area contributed by atoms with Gasteiger partial charge >= 0.3 is 0 Å². The Morgan fingerprint density at radius 3 is 2.93 bits per heavy atom. The van der Waals surface area contributed by atoms with E-state index >= 15 is 0 Å². The Bertz CT molecular complexity index is 910. The van der Waals surface area contributed by atoms with Gasteiger partial charge in [0.1, 0.15) is 18.3 Å². The Kier molecular flexibility index (Phi) is 6.56. The third-order valence-electron chi connectivity index (χ3n) is 4.70. The molecule has 2 unspecified atom stereocenters. The zero-order chi connectivity index (χ0) is 19.9. The minimum Gasteiger partial charge on any atom is -0.462 e. The van der Waals surface area contributed by atoms with Crippen LogP contribution in [0.25, 0.3) is 5.13 Å². The van der Waals surface area contributed by atoms with E-state index in [-0.39, 0.29) is 12.1 Å². The van der Waals surface area contributed by atoms with E-state index in [0.29, 0.717) is 6.79 Å². The highest BCUT2D eigenvalue weighted by Gasteiger charge is 2.19. The van der Waals surface area contributed by atoms with Gasteiger partial charge in [0.25, 0.3) is 0 Å². The van der Waals surface area contributed by atoms with Crippen molar-refractivity contribution < 1.29 is 9.47 Å². The first-order valence-corrected chi connectivity index (χ1v) is 10.5. The molecule has 0 fully saturated rings. The third kappa shape index (κ3) is 5.44. The largest absolute Gasteiger partial charge is 0.462 e. The summed E-state index contributed by atoms with van der Waals surface area (Å²) in [6, 6.07) is 10.7. The summed E-state index contributed by atoms with van der Waals surface area (Å²) in [5, 5.41) is 10.2. The number of thiazole rings is 1. The summed E-state index contributed by atoms with van der Waals surface area (Å²) in [6.45, 7) is 4.07. The molecule has 1 aromatic carbocycles. The fraction of sp³-hybridized carbons (Fsp3) is 0.333. The van der Waals surface area contributed by atoms with Gasteiger partial charge in [0, 0.05) is 49.4 Å². The molecule has 4 rings (SSSR count). The van der Waals surface area contributed by atoms with Crippen molar-refractivity contribution in [3.05, 3.63) is 77.7 Å². The molecule has 0 spiro atoms. The van der Waals surface area contributed by atoms with Gasteiger partial charge in [-0.15, -0.1) is 11.3 Å². The molecule has 8 heteroatoms. The molecule has 2 atom stereocenters. The van der Waals surface area contributed by atoms with E-state index in [4.69, 9.17) is 14.5 Å². The number of hydrogen-bond donors (Lipinski definition) is 2. The molecule has 1 aliphatic rings. The summed E-state index contributed by atoms with van der Waals surface area (Å²) in [7, 11) is 0. The number of nitrogens with zero attached hydrogens (tertiary/aromatic N) is 3. The number of benzene rings is 1. The molecule has 1 aliphatic heterocycles. The molecule has 0 amide bonds. The minimum absolute atomic E-state index is 0.106. The van der Waals surface area contributed by atoms with Crippen LogP contribution in [0.4, 0.5) is 0 Å². The molecule has 3 heterocycles. The highest BCUT2D eigenvalue weighted by atomic mass is 32.1. The smallest absolute Gasteiger partial charge is 0.229 e. The van der Waals surface area contributed by atoms with Gasteiger partial charge in [0.15, 0.2) is 5.13 Å². The number of ether oxygens (including phenoxy) is 2. The molecule has 0 bridgehead atoms. The van der Waals surface area contributed by atoms with Crippen molar-refractivity contribution in [2.45, 2.75) is 32.0 Å². The maximum Gasteiger partial charge on any atom is 0.229 e. The predicted octanol–water partition coefficient (Wildman–Crippen LogP) is 3.37. The fourth-order valence-electron chi connectivity index (χ4n) is 3.20. The Balaban J connectivity index is 1.37. The van der Waals surface area contributed by atoms with Crippen LogP contribution in [0.2, 0.25) is 0 Å². The van der Waals surface area contributed by atoms with E-state index in [1.807, 2.05) is 16.8 Å². The molecule has 29 heavy (non-hydrogen) atoms. The molecule has 2 aromatic heterocycles. The number of rotatable bonds is 10. The van der Waals surface area contributed by atoms with E-state index in [2.05, 4.69) is 52.2 Å². The van der Waals surface area contributed by atoms with Gasteiger partial charge in [0.2, 0.25) is 6.79 Å². The molecular weight excluding hydrogens is 386 g/mol. The van der Waals surface area contributed by atoms with E-state index < -0.39 is 0 Å². The number of imidazole rings is 1. The summed E-state index contributed by atoms with van der Waals surface area (Å²) in [5.74, 6) is 0.869. The van der Waals surface area contributed by atoms with E-state index in [9.17, 15) is 0 Å². The number of hydrogen-bond acceptors (Lipinski definition) is 7. The summed E-state index contributed by atoms with van der Waals surface area (Å²) >= 11 is 1.61. The normalized spacial score (nSPS) is 15.4. The molecule has 0 aliphatic carbocycles. The fourth-order valence-corrected chi connectivity index (χ4v) is 4.07. The summed E-state index contributed by atoms with van der Waals surface area (Å²) in [5.41, 5.74) is 2.28. The Labute approximate surface area is 174 Å². The average molecular weight is 412 g/mol. The second-order valence-electron chi connectivity index (χ2n) is 6.94. The third-order valence-corrected chi connectivity index (χ3v) is 5.57. The zero-order valence-electron chi connectivity index (χ0n) is 16.3. The van der Waals surface area contributed by atoms with Gasteiger partial charge < -0.3 is 20.1 Å². The van der Waals surface area contributed by atoms with Crippen LogP contribution in [0.5, 0.6) is 0 Å². The number of nitrogens with one attached hydrogen (secondary N) is 2. The molecule has 3 aromatic rings. The topological polar surface area (TPSA) is 73.2 Å². The quantitative estimate of drug-likeness (QED) is 0.533. The molecule has 7 nitrogen and oxygen atoms in total. The molecule has 2 N–H and O–H groups in total. The SMILES string of the molecule is CC(NC(CNCc1ccccc1)CC1=COCO1)c1csc(-n2ccnc2)n1. The lowest BCUT2D eigenvalue weighted by atomic mass is 10.1. The lowest BCUT2D eigenvalue weighted by Gasteiger charge is -2.23. The first kappa shape index (κ1) is 19.6. The van der Waals surface area contributed by atoms with Gasteiger partial charge in [-0.05, 0) is 12.5 Å². The van der Waals surface area contributed by atoms with Crippen molar-refractivity contribution in [2.24, 2.45) is 0 Å². The van der Waals surface area contributed by atoms with Crippen LogP contribution in [0.1, 0.15) is 30.6 Å². The van der Waals surface area contributed by atoms with E-state index in [1.165, 1.54) is 5.56 Å². The van der Waals surface area contributed by atoms with Gasteiger partial charge in [0.05, 0.1) is 5.69 Å². The monoisotopic (exact) mass is 411 g/mol. The van der Waals surface area contributed by atoms with Crippen molar-refractivity contribution in [1.82, 2.24) is 25.2 Å². The summed E-state index contributed by atoms with van der Waals surface area (Å²) in [4.78, 5) is 8.84. The summed E-state index contributed by atoms with van der Waals surface area (Å²) in [6.07, 6.45) is 7.89. The molecular formula is C21H25N5O2S. The zero-order valence-corrected chi connectivity index (χ0v) is 17.1. The Hall–Kier alpha value is -2.68. The molecule has 0 radical (unpaired) electrons. The Morgan fingerprint density at radius 2 is 2.17 bits per heavy atom. The lowest BCUT2D eigenvalue weighted by Crippen LogP contribution is -2.40. The predicted molar refractivity (Wildman–Crippen MR) is 112 cm³/mol. The van der Waals surface area contributed by atoms with Crippen molar-refractivity contribution in [3.8, 4) is 5.13 Å². The van der Waals surface area contributed by atoms with Crippen LogP contribution < -0.4 is 10.6 Å². The maximum absolute atomic E-state index is 5.54. The molecule has 0 saturated heterocycles. The van der Waals surface area contributed by atoms with Gasteiger partial charge in [-0.3, -0.25) is 4.57 Å². The average Bonchev–Trinajstić information content (AvgIpc) is 3.50. The first-order chi connectivity index (χ1) is 14.3. The van der Waals surface area contributed by atoms with E-state index in [0.717, 1.165) is 36.1 Å². The van der Waals surface area contributed by atoms with Crippen molar-refractivity contribution in [2.75, 3.05) is 13.3 Å². The van der Waals surface area contributed by atoms with Crippen molar-refractivity contribution in [3.63, 3.8) is 0 Å². The van der Waals surface area contributed by atoms with E-state index in [1.54, 1.807) is 30.1 Å². The standard InChI is InChI=1S/C21H25N5O2S/c1-16(20-13-29-21(25-20)26-8-7-22-14-26)24-18(9-19-12-27-15-28-19)11-23-10-17-5-3-2-4-6-17/h2-8,12-14,16,18,23-24H,9-11,15H2,1H3. The highest BCUT2D eigenvalue weighted by molar-refractivity contribution is 7.12. The molecule has 0 saturated carbocycles. The molecule has 152 valence electrons. The van der Waals surface area contributed by atoms with Crippen LogP contribution in [-0.2, 0) is 16.0 Å². The van der Waals surface area contributed by atoms with Crippen LogP contribution in [-0.4, -0.2) is 33.9 Å². The van der Waals surface area contributed by atoms with Crippen LogP contribution in [0.3, 0.4) is 0 Å². The van der Waals surface area contributed by atoms with Crippen LogP contribution >= 0.6 is 11.3 Å². The Morgan fingerprint density at radius 1 is 1.28 bits per heavy atom. The lowest BCUT2D eigenvalue weighted by molar-refractivity contribution is 0.0762. The highest BCUT2D eigenvalue weighted by Crippen LogP contribution is 2.21. The summed E-state index contributed by atoms with van der Waals surface area (Å²) < 4.78 is 12.7. The minimum atomic E-state index is 0.106. The van der Waals surface area contributed by atoms with Crippen molar-refractivity contribution >= 4 is 11.3 Å². The van der Waals surface area contributed by atoms with Crippen molar-refractivity contribution in [1.29, 1.82) is 0 Å². The van der Waals surface area contributed by atoms with Gasteiger partial charge in [-0.1, -0.05) is 30.3 Å².